The molecule has 3 heteroatoms. The molecular weight excluding hydrogens is 172 g/mol. The second-order valence-corrected chi connectivity index (χ2v) is 3.51. The van der Waals surface area contributed by atoms with Crippen molar-refractivity contribution in [1.29, 1.82) is 0 Å². The lowest BCUT2D eigenvalue weighted by Gasteiger charge is -1.94. The molecule has 0 unspecified atom stereocenters. The molecule has 0 amide bonds. The van der Waals surface area contributed by atoms with Crippen LogP contribution in [0.3, 0.4) is 0 Å². The van der Waals surface area contributed by atoms with Crippen molar-refractivity contribution in [3.05, 3.63) is 40.6 Å². The van der Waals surface area contributed by atoms with Crippen molar-refractivity contribution in [1.82, 2.24) is 0 Å². The SMILES string of the molecule is O=c1cc(O)sc2ccccc12. The van der Waals surface area contributed by atoms with Gasteiger partial charge in [0.25, 0.3) is 0 Å². The van der Waals surface area contributed by atoms with Gasteiger partial charge in [-0.15, -0.1) is 0 Å². The van der Waals surface area contributed by atoms with E-state index in [1.165, 1.54) is 17.4 Å². The van der Waals surface area contributed by atoms with E-state index >= 15 is 0 Å². The lowest BCUT2D eigenvalue weighted by atomic mass is 10.2. The van der Waals surface area contributed by atoms with Gasteiger partial charge in [0.05, 0.1) is 0 Å². The Morgan fingerprint density at radius 3 is 2.83 bits per heavy atom. The summed E-state index contributed by atoms with van der Waals surface area (Å²) in [6.45, 7) is 0. The smallest absolute Gasteiger partial charge is 0.191 e. The summed E-state index contributed by atoms with van der Waals surface area (Å²) < 4.78 is 0.822. The third kappa shape index (κ3) is 1.08. The molecule has 0 saturated heterocycles. The van der Waals surface area contributed by atoms with Crippen molar-refractivity contribution >= 4 is 21.4 Å². The minimum atomic E-state index is -0.123. The predicted octanol–water partition coefficient (Wildman–Crippen LogP) is 1.97. The molecule has 0 radical (unpaired) electrons. The minimum Gasteiger partial charge on any atom is -0.499 e. The maximum Gasteiger partial charge on any atom is 0.191 e. The van der Waals surface area contributed by atoms with Gasteiger partial charge >= 0.3 is 0 Å². The van der Waals surface area contributed by atoms with Crippen LogP contribution >= 0.6 is 11.3 Å². The Morgan fingerprint density at radius 1 is 1.25 bits per heavy atom. The molecule has 1 aromatic heterocycles. The average Bonchev–Trinajstić information content (AvgIpc) is 2.04. The topological polar surface area (TPSA) is 37.3 Å². The first-order valence-electron chi connectivity index (χ1n) is 3.49. The number of fused-ring (bicyclic) bond motifs is 1. The second kappa shape index (κ2) is 2.60. The summed E-state index contributed by atoms with van der Waals surface area (Å²) in [6, 6.07) is 8.48. The molecular formula is C9H6O2S. The first-order chi connectivity index (χ1) is 5.77. The zero-order chi connectivity index (χ0) is 8.55. The number of benzene rings is 1. The molecule has 0 atom stereocenters. The van der Waals surface area contributed by atoms with Crippen LogP contribution in [-0.4, -0.2) is 5.11 Å². The fourth-order valence-electron chi connectivity index (χ4n) is 1.09. The van der Waals surface area contributed by atoms with Crippen LogP contribution in [0, 0.1) is 0 Å². The van der Waals surface area contributed by atoms with E-state index in [-0.39, 0.29) is 10.5 Å². The van der Waals surface area contributed by atoms with E-state index in [0.717, 1.165) is 4.70 Å². The number of hydrogen-bond acceptors (Lipinski definition) is 3. The highest BCUT2D eigenvalue weighted by atomic mass is 32.1. The molecule has 0 spiro atoms. The van der Waals surface area contributed by atoms with E-state index in [1.807, 2.05) is 18.2 Å². The standard InChI is InChI=1S/C9H6O2S/c10-7-5-9(11)12-8-4-2-1-3-6(7)8/h1-5,11H. The number of hydrogen-bond donors (Lipinski definition) is 1. The predicted molar refractivity (Wildman–Crippen MR) is 49.8 cm³/mol. The molecule has 12 heavy (non-hydrogen) atoms. The monoisotopic (exact) mass is 178 g/mol. The molecule has 2 nitrogen and oxygen atoms in total. The summed E-state index contributed by atoms with van der Waals surface area (Å²) in [5.41, 5.74) is -0.123. The average molecular weight is 178 g/mol. The van der Waals surface area contributed by atoms with Gasteiger partial charge in [0.1, 0.15) is 0 Å². The van der Waals surface area contributed by atoms with E-state index < -0.39 is 0 Å². The van der Waals surface area contributed by atoms with E-state index in [9.17, 15) is 4.79 Å². The fraction of sp³-hybridized carbons (Fsp3) is 0. The Hall–Kier alpha value is -1.35. The summed E-state index contributed by atoms with van der Waals surface area (Å²) in [6.07, 6.45) is 0. The molecule has 0 aliphatic heterocycles. The van der Waals surface area contributed by atoms with Gasteiger partial charge in [-0.25, -0.2) is 0 Å². The van der Waals surface area contributed by atoms with Crippen molar-refractivity contribution in [2.24, 2.45) is 0 Å². The van der Waals surface area contributed by atoms with E-state index in [4.69, 9.17) is 5.11 Å². The summed E-state index contributed by atoms with van der Waals surface area (Å²) in [7, 11) is 0. The Labute approximate surface area is 72.7 Å². The molecule has 0 bridgehead atoms. The van der Waals surface area contributed by atoms with Crippen molar-refractivity contribution < 1.29 is 5.11 Å². The fourth-order valence-corrected chi connectivity index (χ4v) is 1.91. The first kappa shape index (κ1) is 7.31. The maximum atomic E-state index is 11.2. The highest BCUT2D eigenvalue weighted by Crippen LogP contribution is 2.22. The maximum absolute atomic E-state index is 11.2. The van der Waals surface area contributed by atoms with Crippen LogP contribution in [0.2, 0.25) is 0 Å². The lowest BCUT2D eigenvalue weighted by Crippen LogP contribution is -1.96. The quantitative estimate of drug-likeness (QED) is 0.669. The molecule has 2 rings (SSSR count). The van der Waals surface area contributed by atoms with Gasteiger partial charge in [-0.3, -0.25) is 4.79 Å². The largest absolute Gasteiger partial charge is 0.499 e. The van der Waals surface area contributed by atoms with Crippen LogP contribution in [0.15, 0.2) is 35.1 Å². The zero-order valence-electron chi connectivity index (χ0n) is 6.15. The van der Waals surface area contributed by atoms with Crippen molar-refractivity contribution in [3.63, 3.8) is 0 Å². The van der Waals surface area contributed by atoms with Crippen LogP contribution in [0.25, 0.3) is 10.1 Å². The van der Waals surface area contributed by atoms with Gasteiger partial charge < -0.3 is 5.11 Å². The van der Waals surface area contributed by atoms with Gasteiger partial charge in [0.15, 0.2) is 10.5 Å². The molecule has 2 aromatic rings. The van der Waals surface area contributed by atoms with Crippen molar-refractivity contribution in [2.45, 2.75) is 0 Å². The first-order valence-corrected chi connectivity index (χ1v) is 4.31. The minimum absolute atomic E-state index is 0.0682. The molecule has 60 valence electrons. The molecule has 1 aromatic carbocycles. The Balaban J connectivity index is 2.99. The summed E-state index contributed by atoms with van der Waals surface area (Å²) >= 11 is 1.21. The molecule has 0 aliphatic rings. The van der Waals surface area contributed by atoms with Crippen molar-refractivity contribution in [3.8, 4) is 5.06 Å². The van der Waals surface area contributed by atoms with E-state index in [2.05, 4.69) is 0 Å². The molecule has 0 fully saturated rings. The van der Waals surface area contributed by atoms with E-state index in [0.29, 0.717) is 5.39 Å². The van der Waals surface area contributed by atoms with Crippen LogP contribution in [0.5, 0.6) is 5.06 Å². The highest BCUT2D eigenvalue weighted by molar-refractivity contribution is 7.19. The molecule has 0 saturated carbocycles. The van der Waals surface area contributed by atoms with Gasteiger partial charge in [0.2, 0.25) is 0 Å². The Bertz CT molecular complexity index is 473. The van der Waals surface area contributed by atoms with Gasteiger partial charge in [-0.05, 0) is 12.1 Å². The lowest BCUT2D eigenvalue weighted by molar-refractivity contribution is 0.490. The normalized spacial score (nSPS) is 10.3. The second-order valence-electron chi connectivity index (χ2n) is 2.45. The molecule has 0 aliphatic carbocycles. The van der Waals surface area contributed by atoms with Gasteiger partial charge in [0, 0.05) is 16.2 Å². The number of aromatic hydroxyl groups is 1. The third-order valence-electron chi connectivity index (χ3n) is 1.62. The van der Waals surface area contributed by atoms with Crippen molar-refractivity contribution in [2.75, 3.05) is 0 Å². The number of rotatable bonds is 0. The zero-order valence-corrected chi connectivity index (χ0v) is 6.97. The van der Waals surface area contributed by atoms with Crippen LogP contribution in [0.4, 0.5) is 0 Å². The van der Waals surface area contributed by atoms with Gasteiger partial charge in [-0.2, -0.15) is 0 Å². The van der Waals surface area contributed by atoms with Gasteiger partial charge in [-0.1, -0.05) is 23.5 Å². The summed E-state index contributed by atoms with van der Waals surface area (Å²) in [5, 5.41) is 9.86. The van der Waals surface area contributed by atoms with E-state index in [1.54, 1.807) is 6.07 Å². The highest BCUT2D eigenvalue weighted by Gasteiger charge is 1.99. The Kier molecular flexibility index (Phi) is 1.59. The molecule has 1 heterocycles. The van der Waals surface area contributed by atoms with Crippen LogP contribution in [0.1, 0.15) is 0 Å². The molecule has 1 N–H and O–H groups in total. The van der Waals surface area contributed by atoms with Crippen LogP contribution < -0.4 is 5.43 Å². The Morgan fingerprint density at radius 2 is 2.00 bits per heavy atom. The summed E-state index contributed by atoms with van der Waals surface area (Å²) in [4.78, 5) is 11.2. The third-order valence-corrected chi connectivity index (χ3v) is 2.52. The van der Waals surface area contributed by atoms with Crippen LogP contribution in [-0.2, 0) is 0 Å². The summed E-state index contributed by atoms with van der Waals surface area (Å²) in [5.74, 6) is 0.